The molecule has 0 aromatic heterocycles. The summed E-state index contributed by atoms with van der Waals surface area (Å²) in [4.78, 5) is 38.3. The number of rotatable bonds is 59. The molecule has 0 aliphatic heterocycles. The summed E-state index contributed by atoms with van der Waals surface area (Å²) < 4.78 is 16.9. The maximum atomic E-state index is 12.9. The molecule has 0 aromatic rings. The molecule has 0 N–H and O–H groups in total. The summed E-state index contributed by atoms with van der Waals surface area (Å²) in [7, 11) is 0. The van der Waals surface area contributed by atoms with Crippen molar-refractivity contribution in [2.24, 2.45) is 0 Å². The smallest absolute Gasteiger partial charge is 0.306 e. The van der Waals surface area contributed by atoms with E-state index in [9.17, 15) is 14.4 Å². The van der Waals surface area contributed by atoms with Crippen molar-refractivity contribution in [3.05, 3.63) is 109 Å². The predicted molar refractivity (Wildman–Crippen MR) is 339 cm³/mol. The molecule has 0 saturated carbocycles. The molecule has 78 heavy (non-hydrogen) atoms. The molecule has 0 spiro atoms. The summed E-state index contributed by atoms with van der Waals surface area (Å²) in [6.45, 7) is 6.52. The van der Waals surface area contributed by atoms with Crippen LogP contribution in [0.5, 0.6) is 0 Å². The van der Waals surface area contributed by atoms with E-state index in [4.69, 9.17) is 14.2 Å². The van der Waals surface area contributed by atoms with Crippen molar-refractivity contribution in [2.45, 2.75) is 316 Å². The quantitative estimate of drug-likeness (QED) is 0.0261. The Kier molecular flexibility index (Phi) is 62.3. The molecule has 0 heterocycles. The van der Waals surface area contributed by atoms with Crippen LogP contribution in [-0.4, -0.2) is 37.2 Å². The molecule has 0 amide bonds. The zero-order valence-electron chi connectivity index (χ0n) is 51.2. The van der Waals surface area contributed by atoms with Gasteiger partial charge in [0.1, 0.15) is 13.2 Å². The van der Waals surface area contributed by atoms with E-state index in [2.05, 4.69) is 130 Å². The third-order valence-electron chi connectivity index (χ3n) is 14.0. The number of ether oxygens (including phenoxy) is 3. The number of unbranched alkanes of at least 4 members (excludes halogenated alkanes) is 30. The number of carbonyl (C=O) groups excluding carboxylic acids is 3. The highest BCUT2D eigenvalue weighted by Crippen LogP contribution is 2.16. The van der Waals surface area contributed by atoms with E-state index in [1.54, 1.807) is 0 Å². The summed E-state index contributed by atoms with van der Waals surface area (Å²) in [6, 6.07) is 0. The maximum absolute atomic E-state index is 12.9. The standard InChI is InChI=1S/C72H122O6/c1-4-7-10-13-16-19-22-25-27-29-31-32-33-34-35-36-37-38-39-40-41-43-44-47-50-53-56-59-62-65-71(74)77-68-69(67-76-70(73)64-61-58-55-52-49-46-24-21-18-15-12-9-6-3)78-72(75)66-63-60-57-54-51-48-45-42-30-28-26-23-20-17-14-11-8-5-2/h7,10,16,19-20,23,25,27-28,30-32,34-35,37-38,40-41,69H,4-6,8-9,11-15,17-18,21-22,24,26,29,33,36,39,42-68H2,1-3H3/b10-7-,19-16-,23-20-,27-25-,30-28-,32-31-,35-34-,38-37-,41-40-. The largest absolute Gasteiger partial charge is 0.462 e. The lowest BCUT2D eigenvalue weighted by Gasteiger charge is -2.18. The first kappa shape index (κ1) is 74.1. The van der Waals surface area contributed by atoms with Crippen molar-refractivity contribution < 1.29 is 28.6 Å². The number of hydrogen-bond acceptors (Lipinski definition) is 6. The molecule has 6 nitrogen and oxygen atoms in total. The second kappa shape index (κ2) is 65.6. The van der Waals surface area contributed by atoms with Crippen LogP contribution >= 0.6 is 0 Å². The molecule has 0 aliphatic rings. The van der Waals surface area contributed by atoms with Crippen LogP contribution in [-0.2, 0) is 28.6 Å². The Morgan fingerprint density at radius 1 is 0.269 bits per heavy atom. The molecule has 0 aliphatic carbocycles. The molecule has 0 saturated heterocycles. The maximum Gasteiger partial charge on any atom is 0.306 e. The minimum Gasteiger partial charge on any atom is -0.462 e. The topological polar surface area (TPSA) is 78.9 Å². The zero-order valence-corrected chi connectivity index (χ0v) is 51.2. The molecule has 0 bridgehead atoms. The van der Waals surface area contributed by atoms with Crippen LogP contribution in [0.15, 0.2) is 109 Å². The van der Waals surface area contributed by atoms with Gasteiger partial charge >= 0.3 is 17.9 Å². The van der Waals surface area contributed by atoms with Crippen LogP contribution in [0.3, 0.4) is 0 Å². The Morgan fingerprint density at radius 3 is 0.795 bits per heavy atom. The van der Waals surface area contributed by atoms with Gasteiger partial charge in [0.2, 0.25) is 0 Å². The molecule has 1 atom stereocenters. The Labute approximate surface area is 482 Å². The van der Waals surface area contributed by atoms with Crippen molar-refractivity contribution in [3.8, 4) is 0 Å². The van der Waals surface area contributed by atoms with Crippen LogP contribution in [0.25, 0.3) is 0 Å². The lowest BCUT2D eigenvalue weighted by molar-refractivity contribution is -0.167. The second-order valence-corrected chi connectivity index (χ2v) is 21.6. The van der Waals surface area contributed by atoms with Crippen molar-refractivity contribution in [2.75, 3.05) is 13.2 Å². The van der Waals surface area contributed by atoms with Gasteiger partial charge in [0.15, 0.2) is 6.10 Å². The Hall–Kier alpha value is -3.93. The number of allylic oxidation sites excluding steroid dienone is 18. The van der Waals surface area contributed by atoms with Crippen LogP contribution in [0.2, 0.25) is 0 Å². The molecule has 446 valence electrons. The van der Waals surface area contributed by atoms with E-state index < -0.39 is 6.10 Å². The summed E-state index contributed by atoms with van der Waals surface area (Å²) in [5.41, 5.74) is 0. The predicted octanol–water partition coefficient (Wildman–Crippen LogP) is 22.6. The van der Waals surface area contributed by atoms with E-state index in [0.717, 1.165) is 122 Å². The summed E-state index contributed by atoms with van der Waals surface area (Å²) in [6.07, 6.45) is 89.5. The lowest BCUT2D eigenvalue weighted by atomic mass is 10.0. The van der Waals surface area contributed by atoms with Crippen LogP contribution in [0.1, 0.15) is 310 Å². The third-order valence-corrected chi connectivity index (χ3v) is 14.0. The van der Waals surface area contributed by atoms with Crippen LogP contribution < -0.4 is 0 Å². The molecule has 1 unspecified atom stereocenters. The second-order valence-electron chi connectivity index (χ2n) is 21.6. The normalized spacial score (nSPS) is 12.8. The molecule has 0 rings (SSSR count). The molecule has 0 aromatic carbocycles. The fourth-order valence-electron chi connectivity index (χ4n) is 9.10. The van der Waals surface area contributed by atoms with Gasteiger partial charge in [-0.25, -0.2) is 0 Å². The molecule has 0 radical (unpaired) electrons. The van der Waals surface area contributed by atoms with Gasteiger partial charge in [-0.3, -0.25) is 14.4 Å². The first-order valence-electron chi connectivity index (χ1n) is 32.9. The van der Waals surface area contributed by atoms with Gasteiger partial charge in [-0.2, -0.15) is 0 Å². The van der Waals surface area contributed by atoms with E-state index in [0.29, 0.717) is 19.3 Å². The number of esters is 3. The van der Waals surface area contributed by atoms with Crippen LogP contribution in [0.4, 0.5) is 0 Å². The molecule has 0 fully saturated rings. The van der Waals surface area contributed by atoms with Gasteiger partial charge in [-0.1, -0.05) is 291 Å². The van der Waals surface area contributed by atoms with Gasteiger partial charge in [-0.05, 0) is 109 Å². The van der Waals surface area contributed by atoms with Crippen molar-refractivity contribution in [1.82, 2.24) is 0 Å². The van der Waals surface area contributed by atoms with Crippen molar-refractivity contribution in [3.63, 3.8) is 0 Å². The highest BCUT2D eigenvalue weighted by Gasteiger charge is 2.19. The Morgan fingerprint density at radius 2 is 0.500 bits per heavy atom. The highest BCUT2D eigenvalue weighted by atomic mass is 16.6. The minimum atomic E-state index is -0.788. The van der Waals surface area contributed by atoms with E-state index in [1.165, 1.54) is 148 Å². The number of carbonyl (C=O) groups is 3. The summed E-state index contributed by atoms with van der Waals surface area (Å²) in [5, 5.41) is 0. The minimum absolute atomic E-state index is 0.0828. The number of hydrogen-bond donors (Lipinski definition) is 0. The highest BCUT2D eigenvalue weighted by molar-refractivity contribution is 5.71. The fraction of sp³-hybridized carbons (Fsp3) is 0.708. The van der Waals surface area contributed by atoms with Crippen molar-refractivity contribution in [1.29, 1.82) is 0 Å². The van der Waals surface area contributed by atoms with Gasteiger partial charge in [-0.15, -0.1) is 0 Å². The molecular formula is C72H122O6. The van der Waals surface area contributed by atoms with Gasteiger partial charge in [0.25, 0.3) is 0 Å². The van der Waals surface area contributed by atoms with E-state index in [-0.39, 0.29) is 31.1 Å². The van der Waals surface area contributed by atoms with E-state index in [1.807, 2.05) is 0 Å². The Balaban J connectivity index is 4.34. The SMILES string of the molecule is CC/C=C\C/C=C\C/C=C\C/C=C\C/C=C\C/C=C\C/C=C\CCCCCCCCCC(=O)OCC(COC(=O)CCCCCCCCCCCCCCC)OC(=O)CCCCCCCCC/C=C\C/C=C\CCCCCC. The van der Waals surface area contributed by atoms with Gasteiger partial charge in [0.05, 0.1) is 0 Å². The van der Waals surface area contributed by atoms with Gasteiger partial charge < -0.3 is 14.2 Å². The zero-order chi connectivity index (χ0) is 56.4. The first-order chi connectivity index (χ1) is 38.5. The van der Waals surface area contributed by atoms with Crippen molar-refractivity contribution >= 4 is 17.9 Å². The first-order valence-corrected chi connectivity index (χ1v) is 32.9. The summed E-state index contributed by atoms with van der Waals surface area (Å²) >= 11 is 0. The monoisotopic (exact) mass is 1080 g/mol. The molecule has 6 heteroatoms. The summed E-state index contributed by atoms with van der Waals surface area (Å²) in [5.74, 6) is -0.893. The molecular weight excluding hydrogens is 961 g/mol. The average Bonchev–Trinajstić information content (AvgIpc) is 3.44. The van der Waals surface area contributed by atoms with Crippen LogP contribution in [0, 0.1) is 0 Å². The Bertz CT molecular complexity index is 1570. The third kappa shape index (κ3) is 62.9. The van der Waals surface area contributed by atoms with E-state index >= 15 is 0 Å². The van der Waals surface area contributed by atoms with Gasteiger partial charge in [0, 0.05) is 19.3 Å². The fourth-order valence-corrected chi connectivity index (χ4v) is 9.10. The lowest BCUT2D eigenvalue weighted by Crippen LogP contribution is -2.30. The average molecular weight is 1080 g/mol.